The number of nitrogens with one attached hydrogen (secondary N) is 2. The monoisotopic (exact) mass is 709 g/mol. The Balaban J connectivity index is 1.72. The lowest BCUT2D eigenvalue weighted by molar-refractivity contribution is -0.140. The second-order valence-electron chi connectivity index (χ2n) is 14.9. The molecule has 2 N–H and O–H groups in total. The van der Waals surface area contributed by atoms with Crippen LogP contribution in [0.25, 0.3) is 22.2 Å². The molecule has 52 heavy (non-hydrogen) atoms. The van der Waals surface area contributed by atoms with Gasteiger partial charge in [0.15, 0.2) is 0 Å². The van der Waals surface area contributed by atoms with Crippen molar-refractivity contribution >= 4 is 40.0 Å². The molecule has 278 valence electrons. The van der Waals surface area contributed by atoms with E-state index in [4.69, 9.17) is 19.4 Å². The third-order valence-corrected chi connectivity index (χ3v) is 11.7. The van der Waals surface area contributed by atoms with Crippen molar-refractivity contribution in [2.24, 2.45) is 0 Å². The number of methoxy groups -OCH3 is 1. The zero-order valence-corrected chi connectivity index (χ0v) is 32.4. The van der Waals surface area contributed by atoms with Gasteiger partial charge in [0.25, 0.3) is 11.8 Å². The standard InChI is InChI=1S/C42H55N5O5/c1-10-13-17-47-41(49)37-25(7)32-20-33-27(12-3)22(4)29(43-33)21-34-36(26(8)52-18-14-11-2)24(6)31(44-34)19-30-23(5)28(15-16-35(48)51-9)39(45-30)38(42(47)50)40(37)46-32/h19-23,26-28,43,46H,10-18H2,1-9H3/t22-,23+,26?,27-,28+/m1/s1. The fraction of sp³-hybridized carbons (Fsp3) is 0.548. The Labute approximate surface area is 307 Å². The second kappa shape index (κ2) is 15.3. The zero-order valence-electron chi connectivity index (χ0n) is 32.4. The SMILES string of the molecule is CCCCOC(C)C1=C(C)c2cc3nc(c4c5[nH]c(cc6[nH]c(cc1n2)[C@H](C)[C@H]6CC)c(C)c5C(=O)N(CCCC)C4=O)[C@@H](CCC(=O)OC)[C@@H]3C. The largest absolute Gasteiger partial charge is 0.469 e. The lowest BCUT2D eigenvalue weighted by Gasteiger charge is -2.27. The molecule has 10 heteroatoms. The van der Waals surface area contributed by atoms with E-state index < -0.39 is 0 Å². The summed E-state index contributed by atoms with van der Waals surface area (Å²) in [6, 6.07) is 6.34. The molecule has 10 nitrogen and oxygen atoms in total. The number of aromatic amines is 2. The molecule has 0 fully saturated rings. The number of unbranched alkanes of at least 4 members (excludes halogenated alkanes) is 2. The highest BCUT2D eigenvalue weighted by Crippen LogP contribution is 2.45. The van der Waals surface area contributed by atoms with E-state index in [9.17, 15) is 14.4 Å². The average Bonchev–Trinajstić information content (AvgIpc) is 3.80. The number of imide groups is 1. The summed E-state index contributed by atoms with van der Waals surface area (Å²) in [7, 11) is 1.39. The van der Waals surface area contributed by atoms with E-state index >= 15 is 0 Å². The maximum absolute atomic E-state index is 14.6. The first-order valence-corrected chi connectivity index (χ1v) is 19.3. The summed E-state index contributed by atoms with van der Waals surface area (Å²) in [6.07, 6.45) is 4.94. The van der Waals surface area contributed by atoms with E-state index in [1.54, 1.807) is 0 Å². The highest BCUT2D eigenvalue weighted by molar-refractivity contribution is 6.23. The molecule has 6 rings (SSSR count). The Morgan fingerprint density at radius 3 is 2.33 bits per heavy atom. The number of esters is 1. The van der Waals surface area contributed by atoms with Crippen LogP contribution in [0.2, 0.25) is 0 Å². The molecule has 0 radical (unpaired) electrons. The Bertz CT molecular complexity index is 1990. The number of carbonyl (C=O) groups excluding carboxylic acids is 3. The predicted octanol–water partition coefficient (Wildman–Crippen LogP) is 9.02. The van der Waals surface area contributed by atoms with E-state index in [0.29, 0.717) is 48.3 Å². The summed E-state index contributed by atoms with van der Waals surface area (Å²) in [5.41, 5.74) is 10.3. The van der Waals surface area contributed by atoms with Crippen molar-refractivity contribution in [2.75, 3.05) is 20.3 Å². The molecule has 2 aromatic heterocycles. The molecule has 0 saturated carbocycles. The first-order chi connectivity index (χ1) is 24.9. The van der Waals surface area contributed by atoms with Gasteiger partial charge in [-0.05, 0) is 75.8 Å². The van der Waals surface area contributed by atoms with Gasteiger partial charge in [0.2, 0.25) is 0 Å². The molecule has 2 aromatic rings. The predicted molar refractivity (Wildman–Crippen MR) is 204 cm³/mol. The number of nitrogens with zero attached hydrogens (tertiary/aromatic N) is 3. The highest BCUT2D eigenvalue weighted by atomic mass is 16.5. The molecule has 0 aliphatic carbocycles. The first kappa shape index (κ1) is 37.4. The van der Waals surface area contributed by atoms with Gasteiger partial charge in [0, 0.05) is 71.4 Å². The molecular weight excluding hydrogens is 654 g/mol. The molecule has 2 amide bonds. The quantitative estimate of drug-likeness (QED) is 0.128. The van der Waals surface area contributed by atoms with Gasteiger partial charge in [-0.15, -0.1) is 0 Å². The number of amides is 2. The van der Waals surface area contributed by atoms with Crippen LogP contribution in [-0.2, 0) is 14.3 Å². The van der Waals surface area contributed by atoms with Gasteiger partial charge in [-0.3, -0.25) is 24.3 Å². The molecule has 8 bridgehead atoms. The summed E-state index contributed by atoms with van der Waals surface area (Å²) in [6.45, 7) is 17.9. The maximum Gasteiger partial charge on any atom is 0.305 e. The number of rotatable bonds is 12. The fourth-order valence-corrected chi connectivity index (χ4v) is 8.41. The minimum absolute atomic E-state index is 0.138. The zero-order chi connectivity index (χ0) is 37.4. The summed E-state index contributed by atoms with van der Waals surface area (Å²) < 4.78 is 11.4. The Kier molecular flexibility index (Phi) is 11.1. The third-order valence-electron chi connectivity index (χ3n) is 11.7. The van der Waals surface area contributed by atoms with Crippen LogP contribution in [0.1, 0.15) is 178 Å². The van der Waals surface area contributed by atoms with E-state index in [1.165, 1.54) is 12.0 Å². The van der Waals surface area contributed by atoms with Gasteiger partial charge in [-0.1, -0.05) is 47.5 Å². The molecule has 4 aliphatic rings. The van der Waals surface area contributed by atoms with Crippen molar-refractivity contribution in [1.29, 1.82) is 0 Å². The summed E-state index contributed by atoms with van der Waals surface area (Å²) >= 11 is 0. The van der Waals surface area contributed by atoms with Gasteiger partial charge in [0.05, 0.1) is 46.9 Å². The van der Waals surface area contributed by atoms with Gasteiger partial charge < -0.3 is 19.4 Å². The molecule has 4 aliphatic heterocycles. The minimum atomic E-state index is -0.350. The third kappa shape index (κ3) is 6.59. The van der Waals surface area contributed by atoms with Crippen LogP contribution in [0.5, 0.6) is 0 Å². The lowest BCUT2D eigenvalue weighted by atomic mass is 9.84. The topological polar surface area (TPSA) is 130 Å². The lowest BCUT2D eigenvalue weighted by Crippen LogP contribution is -2.41. The van der Waals surface area contributed by atoms with Crippen LogP contribution in [0.4, 0.5) is 0 Å². The van der Waals surface area contributed by atoms with Crippen LogP contribution in [0.15, 0.2) is 18.2 Å². The Morgan fingerprint density at radius 1 is 0.904 bits per heavy atom. The van der Waals surface area contributed by atoms with E-state index in [-0.39, 0.29) is 54.0 Å². The number of fused-ring (bicyclic) bond motifs is 8. The maximum atomic E-state index is 14.6. The van der Waals surface area contributed by atoms with Gasteiger partial charge in [-0.2, -0.15) is 0 Å². The van der Waals surface area contributed by atoms with Gasteiger partial charge in [0.1, 0.15) is 0 Å². The number of hydrogen-bond donors (Lipinski definition) is 2. The normalized spacial score (nSPS) is 21.1. The smallest absolute Gasteiger partial charge is 0.305 e. The molecule has 1 unspecified atom stereocenters. The summed E-state index contributed by atoms with van der Waals surface area (Å²) in [5, 5.41) is 0. The number of aryl methyl sites for hydroxylation is 1. The van der Waals surface area contributed by atoms with Crippen molar-refractivity contribution in [3.8, 4) is 0 Å². The van der Waals surface area contributed by atoms with Crippen molar-refractivity contribution in [3.63, 3.8) is 0 Å². The second-order valence-corrected chi connectivity index (χ2v) is 14.9. The molecular formula is C42H55N5O5. The molecule has 0 aromatic carbocycles. The van der Waals surface area contributed by atoms with Crippen LogP contribution in [0, 0.1) is 6.92 Å². The first-order valence-electron chi connectivity index (χ1n) is 19.3. The number of allylic oxidation sites excluding steroid dienone is 1. The van der Waals surface area contributed by atoms with Crippen LogP contribution >= 0.6 is 0 Å². The Morgan fingerprint density at radius 2 is 1.63 bits per heavy atom. The van der Waals surface area contributed by atoms with Crippen molar-refractivity contribution in [3.05, 3.63) is 69.1 Å². The van der Waals surface area contributed by atoms with Crippen molar-refractivity contribution < 1.29 is 23.9 Å². The van der Waals surface area contributed by atoms with Crippen molar-refractivity contribution in [1.82, 2.24) is 24.8 Å². The van der Waals surface area contributed by atoms with E-state index in [2.05, 4.69) is 63.6 Å². The molecule has 0 spiro atoms. The fourth-order valence-electron chi connectivity index (χ4n) is 8.41. The van der Waals surface area contributed by atoms with Crippen LogP contribution in [0.3, 0.4) is 0 Å². The minimum Gasteiger partial charge on any atom is -0.469 e. The number of carbonyl (C=O) groups is 3. The molecule has 6 heterocycles. The summed E-state index contributed by atoms with van der Waals surface area (Å²) in [5.74, 6) is -0.941. The summed E-state index contributed by atoms with van der Waals surface area (Å²) in [4.78, 5) is 60.5. The van der Waals surface area contributed by atoms with Gasteiger partial charge in [-0.25, -0.2) is 4.98 Å². The highest BCUT2D eigenvalue weighted by Gasteiger charge is 2.41. The number of H-pyrrole nitrogens is 2. The number of ether oxygens (including phenoxy) is 2. The molecule has 5 atom stereocenters. The Hall–Kier alpha value is -4.31. The average molecular weight is 710 g/mol. The van der Waals surface area contributed by atoms with Gasteiger partial charge >= 0.3 is 5.97 Å². The van der Waals surface area contributed by atoms with E-state index in [0.717, 1.165) is 76.4 Å². The van der Waals surface area contributed by atoms with Crippen LogP contribution < -0.4 is 0 Å². The van der Waals surface area contributed by atoms with Crippen molar-refractivity contribution in [2.45, 2.75) is 130 Å². The van der Waals surface area contributed by atoms with Crippen LogP contribution in [-0.4, -0.2) is 69.0 Å². The number of hydrogen-bond acceptors (Lipinski definition) is 7. The van der Waals surface area contributed by atoms with E-state index in [1.807, 2.05) is 19.9 Å². The molecule has 0 saturated heterocycles. The number of aromatic nitrogens is 4.